The summed E-state index contributed by atoms with van der Waals surface area (Å²) >= 11 is 0. The van der Waals surface area contributed by atoms with Crippen LogP contribution in [0.3, 0.4) is 0 Å². The molecule has 7 heteroatoms. The highest BCUT2D eigenvalue weighted by atomic mass is 16.5. The van der Waals surface area contributed by atoms with Crippen molar-refractivity contribution in [1.29, 1.82) is 0 Å². The normalized spacial score (nSPS) is 10.5. The first kappa shape index (κ1) is 21.1. The van der Waals surface area contributed by atoms with Gasteiger partial charge in [0.2, 0.25) is 5.69 Å². The fourth-order valence-corrected chi connectivity index (χ4v) is 2.90. The molecular formula is C23H25N3O4. The van der Waals surface area contributed by atoms with Gasteiger partial charge in [0.15, 0.2) is 12.4 Å². The van der Waals surface area contributed by atoms with E-state index in [2.05, 4.69) is 5.10 Å². The van der Waals surface area contributed by atoms with E-state index in [-0.39, 0.29) is 30.6 Å². The van der Waals surface area contributed by atoms with Crippen molar-refractivity contribution in [1.82, 2.24) is 14.7 Å². The summed E-state index contributed by atoms with van der Waals surface area (Å²) in [5, 5.41) is 4.29. The molecule has 30 heavy (non-hydrogen) atoms. The van der Waals surface area contributed by atoms with Crippen molar-refractivity contribution in [2.45, 2.75) is 20.4 Å². The van der Waals surface area contributed by atoms with Crippen LogP contribution in [-0.4, -0.2) is 46.8 Å². The van der Waals surface area contributed by atoms with Crippen LogP contribution in [0.15, 0.2) is 60.8 Å². The number of aromatic nitrogens is 2. The van der Waals surface area contributed by atoms with Gasteiger partial charge in [-0.05, 0) is 37.1 Å². The lowest BCUT2D eigenvalue weighted by Crippen LogP contribution is -2.31. The van der Waals surface area contributed by atoms with E-state index in [4.69, 9.17) is 9.47 Å². The predicted octanol–water partition coefficient (Wildman–Crippen LogP) is 3.39. The third kappa shape index (κ3) is 5.05. The fourth-order valence-electron chi connectivity index (χ4n) is 2.90. The number of amides is 1. The van der Waals surface area contributed by atoms with Crippen molar-refractivity contribution in [3.05, 3.63) is 77.6 Å². The SMILES string of the molecule is CCOC(=O)c1nn(-c2ccccc2)cc1OCC(=O)N(C)Cc1ccccc1C. The van der Waals surface area contributed by atoms with Gasteiger partial charge in [-0.1, -0.05) is 42.5 Å². The summed E-state index contributed by atoms with van der Waals surface area (Å²) in [6, 6.07) is 17.2. The number of nitrogens with zero attached hydrogens (tertiary/aromatic N) is 3. The van der Waals surface area contributed by atoms with Crippen LogP contribution < -0.4 is 4.74 Å². The number of hydrogen-bond donors (Lipinski definition) is 0. The molecule has 1 aromatic heterocycles. The van der Waals surface area contributed by atoms with Crippen molar-refractivity contribution in [3.8, 4) is 11.4 Å². The van der Waals surface area contributed by atoms with E-state index in [0.29, 0.717) is 6.54 Å². The summed E-state index contributed by atoms with van der Waals surface area (Å²) in [5.74, 6) is -0.599. The van der Waals surface area contributed by atoms with E-state index in [1.165, 1.54) is 4.68 Å². The van der Waals surface area contributed by atoms with Crippen molar-refractivity contribution < 1.29 is 19.1 Å². The van der Waals surface area contributed by atoms with Gasteiger partial charge < -0.3 is 14.4 Å². The summed E-state index contributed by atoms with van der Waals surface area (Å²) in [6.07, 6.45) is 1.58. The molecule has 0 spiro atoms. The number of likely N-dealkylation sites (N-methyl/N-ethyl adjacent to an activating group) is 1. The maximum Gasteiger partial charge on any atom is 0.362 e. The van der Waals surface area contributed by atoms with Gasteiger partial charge in [0.25, 0.3) is 5.91 Å². The minimum atomic E-state index is -0.595. The second-order valence-corrected chi connectivity index (χ2v) is 6.81. The first-order valence-corrected chi connectivity index (χ1v) is 9.73. The number of ether oxygens (including phenoxy) is 2. The molecule has 0 radical (unpaired) electrons. The van der Waals surface area contributed by atoms with Crippen molar-refractivity contribution >= 4 is 11.9 Å². The molecule has 0 atom stereocenters. The van der Waals surface area contributed by atoms with E-state index in [1.54, 1.807) is 25.1 Å². The Hall–Kier alpha value is -3.61. The molecule has 3 aromatic rings. The largest absolute Gasteiger partial charge is 0.480 e. The highest BCUT2D eigenvalue weighted by molar-refractivity contribution is 5.90. The van der Waals surface area contributed by atoms with Gasteiger partial charge in [0.05, 0.1) is 18.5 Å². The molecule has 2 aromatic carbocycles. The second-order valence-electron chi connectivity index (χ2n) is 6.81. The number of carbonyl (C=O) groups excluding carboxylic acids is 2. The number of aryl methyl sites for hydroxylation is 1. The zero-order valence-electron chi connectivity index (χ0n) is 17.4. The van der Waals surface area contributed by atoms with E-state index >= 15 is 0 Å². The van der Waals surface area contributed by atoms with Crippen LogP contribution in [0.4, 0.5) is 0 Å². The van der Waals surface area contributed by atoms with E-state index < -0.39 is 5.97 Å². The number of rotatable bonds is 8. The van der Waals surface area contributed by atoms with Crippen LogP contribution in [0.2, 0.25) is 0 Å². The van der Waals surface area contributed by atoms with Gasteiger partial charge >= 0.3 is 5.97 Å². The first-order valence-electron chi connectivity index (χ1n) is 9.73. The molecule has 0 unspecified atom stereocenters. The quantitative estimate of drug-likeness (QED) is 0.535. The molecule has 0 aliphatic carbocycles. The van der Waals surface area contributed by atoms with Crippen molar-refractivity contribution in [2.24, 2.45) is 0 Å². The molecule has 1 heterocycles. The Balaban J connectivity index is 1.73. The smallest absolute Gasteiger partial charge is 0.362 e. The zero-order valence-corrected chi connectivity index (χ0v) is 17.4. The van der Waals surface area contributed by atoms with E-state index in [9.17, 15) is 9.59 Å². The lowest BCUT2D eigenvalue weighted by molar-refractivity contribution is -0.132. The molecule has 0 aliphatic heterocycles. The maximum absolute atomic E-state index is 12.6. The fraction of sp³-hybridized carbons (Fsp3) is 0.261. The Morgan fingerprint density at radius 3 is 2.47 bits per heavy atom. The summed E-state index contributed by atoms with van der Waals surface area (Å²) in [4.78, 5) is 26.5. The summed E-state index contributed by atoms with van der Waals surface area (Å²) in [6.45, 7) is 4.21. The van der Waals surface area contributed by atoms with Gasteiger partial charge in [-0.15, -0.1) is 0 Å². The number of esters is 1. The standard InChI is InChI=1S/C23H25N3O4/c1-4-29-23(28)22-20(15-26(24-22)19-12-6-5-7-13-19)30-16-21(27)25(3)14-18-11-9-8-10-17(18)2/h5-13,15H,4,14,16H2,1-3H3. The lowest BCUT2D eigenvalue weighted by atomic mass is 10.1. The number of benzene rings is 2. The minimum absolute atomic E-state index is 0.0371. The van der Waals surface area contributed by atoms with Crippen molar-refractivity contribution in [3.63, 3.8) is 0 Å². The third-order valence-electron chi connectivity index (χ3n) is 4.62. The average molecular weight is 407 g/mol. The average Bonchev–Trinajstić information content (AvgIpc) is 3.19. The Bertz CT molecular complexity index is 1010. The molecule has 3 rings (SSSR count). The Labute approximate surface area is 175 Å². The summed E-state index contributed by atoms with van der Waals surface area (Å²) in [5.41, 5.74) is 2.99. The summed E-state index contributed by atoms with van der Waals surface area (Å²) in [7, 11) is 1.72. The van der Waals surface area contributed by atoms with Crippen LogP contribution in [0.25, 0.3) is 5.69 Å². The third-order valence-corrected chi connectivity index (χ3v) is 4.62. The van der Waals surface area contributed by atoms with Crippen LogP contribution in [-0.2, 0) is 16.1 Å². The molecule has 1 amide bonds. The van der Waals surface area contributed by atoms with Crippen LogP contribution in [0.1, 0.15) is 28.5 Å². The number of para-hydroxylation sites is 1. The monoisotopic (exact) mass is 407 g/mol. The molecular weight excluding hydrogens is 382 g/mol. The molecule has 0 saturated carbocycles. The van der Waals surface area contributed by atoms with Crippen molar-refractivity contribution in [2.75, 3.05) is 20.3 Å². The Morgan fingerprint density at radius 2 is 1.77 bits per heavy atom. The predicted molar refractivity (Wildman–Crippen MR) is 113 cm³/mol. The van der Waals surface area contributed by atoms with Crippen LogP contribution in [0.5, 0.6) is 5.75 Å². The topological polar surface area (TPSA) is 73.7 Å². The molecule has 0 fully saturated rings. The Morgan fingerprint density at radius 1 is 1.07 bits per heavy atom. The molecule has 156 valence electrons. The molecule has 0 bridgehead atoms. The van der Waals surface area contributed by atoms with Gasteiger partial charge in [0.1, 0.15) is 0 Å². The van der Waals surface area contributed by atoms with Gasteiger partial charge in [0, 0.05) is 13.6 Å². The van der Waals surface area contributed by atoms with E-state index in [1.807, 2.05) is 61.5 Å². The molecule has 0 saturated heterocycles. The lowest BCUT2D eigenvalue weighted by Gasteiger charge is -2.18. The maximum atomic E-state index is 12.6. The molecule has 0 N–H and O–H groups in total. The second kappa shape index (κ2) is 9.73. The summed E-state index contributed by atoms with van der Waals surface area (Å²) < 4.78 is 12.3. The highest BCUT2D eigenvalue weighted by Crippen LogP contribution is 2.21. The zero-order chi connectivity index (χ0) is 21.5. The van der Waals surface area contributed by atoms with Gasteiger partial charge in [-0.2, -0.15) is 5.10 Å². The highest BCUT2D eigenvalue weighted by Gasteiger charge is 2.21. The molecule has 7 nitrogen and oxygen atoms in total. The van der Waals surface area contributed by atoms with Crippen LogP contribution >= 0.6 is 0 Å². The van der Waals surface area contributed by atoms with Gasteiger partial charge in [-0.25, -0.2) is 9.48 Å². The number of carbonyl (C=O) groups is 2. The number of hydrogen-bond acceptors (Lipinski definition) is 5. The van der Waals surface area contributed by atoms with Crippen LogP contribution in [0, 0.1) is 6.92 Å². The minimum Gasteiger partial charge on any atom is -0.480 e. The van der Waals surface area contributed by atoms with E-state index in [0.717, 1.165) is 16.8 Å². The van der Waals surface area contributed by atoms with Gasteiger partial charge in [-0.3, -0.25) is 4.79 Å². The molecule has 0 aliphatic rings. The Kier molecular flexibility index (Phi) is 6.85. The first-order chi connectivity index (χ1) is 14.5.